The molecule has 0 saturated carbocycles. The zero-order chi connectivity index (χ0) is 15.2. The van der Waals surface area contributed by atoms with Gasteiger partial charge in [-0.25, -0.2) is 0 Å². The van der Waals surface area contributed by atoms with Gasteiger partial charge >= 0.3 is 0 Å². The minimum atomic E-state index is 0.270. The summed E-state index contributed by atoms with van der Waals surface area (Å²) in [6.45, 7) is 4.64. The highest BCUT2D eigenvalue weighted by Crippen LogP contribution is 2.54. The molecule has 2 aromatic rings. The number of nitriles is 1. The van der Waals surface area contributed by atoms with Crippen molar-refractivity contribution in [1.82, 2.24) is 9.88 Å². The summed E-state index contributed by atoms with van der Waals surface area (Å²) in [4.78, 5) is 6.38. The number of hydrogen-bond donors (Lipinski definition) is 1. The molecule has 1 saturated heterocycles. The molecule has 1 aromatic heterocycles. The summed E-state index contributed by atoms with van der Waals surface area (Å²) in [7, 11) is 0. The Hall–Kier alpha value is -1.79. The van der Waals surface area contributed by atoms with E-state index >= 15 is 0 Å². The van der Waals surface area contributed by atoms with Gasteiger partial charge in [0.25, 0.3) is 0 Å². The third-order valence-corrected chi connectivity index (χ3v) is 6.05. The average Bonchev–Trinajstić information content (AvgIpc) is 3.11. The van der Waals surface area contributed by atoms with Crippen molar-refractivity contribution in [2.24, 2.45) is 5.41 Å². The van der Waals surface area contributed by atoms with E-state index in [0.717, 1.165) is 25.8 Å². The van der Waals surface area contributed by atoms with E-state index < -0.39 is 0 Å². The highest BCUT2D eigenvalue weighted by Gasteiger charge is 2.49. The Morgan fingerprint density at radius 2 is 2.23 bits per heavy atom. The van der Waals surface area contributed by atoms with Crippen molar-refractivity contribution in [3.63, 3.8) is 0 Å². The number of aromatic amines is 1. The van der Waals surface area contributed by atoms with E-state index in [0.29, 0.717) is 12.5 Å². The molecule has 0 aliphatic carbocycles. The van der Waals surface area contributed by atoms with Crippen molar-refractivity contribution >= 4 is 10.9 Å². The topological polar surface area (TPSA) is 42.8 Å². The number of hydrogen-bond acceptors (Lipinski definition) is 2. The number of nitrogens with zero attached hydrogens (tertiary/aromatic N) is 2. The van der Waals surface area contributed by atoms with Crippen LogP contribution in [0.4, 0.5) is 0 Å². The van der Waals surface area contributed by atoms with E-state index in [2.05, 4.69) is 47.1 Å². The molecule has 4 rings (SSSR count). The fraction of sp³-hybridized carbons (Fsp3) is 0.526. The van der Waals surface area contributed by atoms with E-state index in [1.165, 1.54) is 35.1 Å². The van der Waals surface area contributed by atoms with Gasteiger partial charge in [-0.2, -0.15) is 5.26 Å². The van der Waals surface area contributed by atoms with Gasteiger partial charge in [0.1, 0.15) is 0 Å². The van der Waals surface area contributed by atoms with Crippen LogP contribution in [0.15, 0.2) is 24.3 Å². The lowest BCUT2D eigenvalue weighted by Gasteiger charge is -2.40. The molecule has 1 aromatic carbocycles. The monoisotopic (exact) mass is 293 g/mol. The van der Waals surface area contributed by atoms with Gasteiger partial charge in [-0.3, -0.25) is 4.90 Å². The number of H-pyrrole nitrogens is 1. The lowest BCUT2D eigenvalue weighted by molar-refractivity contribution is 0.126. The fourth-order valence-electron chi connectivity index (χ4n) is 4.84. The molecule has 0 bridgehead atoms. The molecule has 3 heterocycles. The molecule has 1 N–H and O–H groups in total. The highest BCUT2D eigenvalue weighted by atomic mass is 15.2. The van der Waals surface area contributed by atoms with E-state index in [9.17, 15) is 0 Å². The molecule has 2 aliphatic rings. The van der Waals surface area contributed by atoms with Crippen LogP contribution in [-0.4, -0.2) is 23.0 Å². The Morgan fingerprint density at radius 1 is 1.36 bits per heavy atom. The maximum Gasteiger partial charge on any atom is 0.0621 e. The van der Waals surface area contributed by atoms with Gasteiger partial charge in [0.05, 0.1) is 12.1 Å². The summed E-state index contributed by atoms with van der Waals surface area (Å²) < 4.78 is 0. The van der Waals surface area contributed by atoms with Crippen molar-refractivity contribution in [2.45, 2.75) is 45.1 Å². The smallest absolute Gasteiger partial charge is 0.0621 e. The normalized spacial score (nSPS) is 27.5. The van der Waals surface area contributed by atoms with Crippen LogP contribution in [0.3, 0.4) is 0 Å². The summed E-state index contributed by atoms with van der Waals surface area (Å²) in [5.41, 5.74) is 4.50. The zero-order valence-corrected chi connectivity index (χ0v) is 13.2. The lowest BCUT2D eigenvalue weighted by atomic mass is 9.71. The van der Waals surface area contributed by atoms with Crippen molar-refractivity contribution in [1.29, 1.82) is 5.26 Å². The molecular formula is C19H23N3. The van der Waals surface area contributed by atoms with Crippen LogP contribution in [0.2, 0.25) is 0 Å². The number of rotatable bonds is 3. The number of para-hydroxylation sites is 1. The summed E-state index contributed by atoms with van der Waals surface area (Å²) in [5, 5.41) is 10.5. The second kappa shape index (κ2) is 5.14. The number of benzene rings is 1. The van der Waals surface area contributed by atoms with Gasteiger partial charge in [0, 0.05) is 29.6 Å². The molecule has 22 heavy (non-hydrogen) atoms. The Labute approximate surface area is 131 Å². The molecular weight excluding hydrogens is 270 g/mol. The lowest BCUT2D eigenvalue weighted by Crippen LogP contribution is -2.37. The van der Waals surface area contributed by atoms with Crippen molar-refractivity contribution in [3.8, 4) is 6.07 Å². The molecule has 3 heteroatoms. The Balaban J connectivity index is 1.84. The van der Waals surface area contributed by atoms with Crippen LogP contribution in [0.25, 0.3) is 10.9 Å². The van der Waals surface area contributed by atoms with Gasteiger partial charge in [-0.05, 0) is 49.3 Å². The fourth-order valence-corrected chi connectivity index (χ4v) is 4.84. The van der Waals surface area contributed by atoms with Gasteiger partial charge in [-0.15, -0.1) is 0 Å². The van der Waals surface area contributed by atoms with Gasteiger partial charge in [-0.1, -0.05) is 25.1 Å². The largest absolute Gasteiger partial charge is 0.357 e. The average molecular weight is 293 g/mol. The number of aromatic nitrogens is 1. The van der Waals surface area contributed by atoms with E-state index in [1.807, 2.05) is 0 Å². The summed E-state index contributed by atoms with van der Waals surface area (Å²) in [6.07, 6.45) is 5.23. The van der Waals surface area contributed by atoms with Crippen LogP contribution in [-0.2, 0) is 6.42 Å². The van der Waals surface area contributed by atoms with Gasteiger partial charge < -0.3 is 4.98 Å². The summed E-state index contributed by atoms with van der Waals surface area (Å²) in [6, 6.07) is 11.5. The first-order chi connectivity index (χ1) is 10.8. The number of nitrogens with one attached hydrogen (secondary N) is 1. The van der Waals surface area contributed by atoms with Crippen molar-refractivity contribution < 1.29 is 0 Å². The second-order valence-corrected chi connectivity index (χ2v) is 6.88. The number of fused-ring (bicyclic) bond motifs is 5. The Kier molecular flexibility index (Phi) is 3.23. The molecule has 2 aliphatic heterocycles. The minimum absolute atomic E-state index is 0.270. The highest BCUT2D eigenvalue weighted by molar-refractivity contribution is 5.85. The molecule has 3 nitrogen and oxygen atoms in total. The van der Waals surface area contributed by atoms with Crippen LogP contribution < -0.4 is 0 Å². The van der Waals surface area contributed by atoms with Crippen LogP contribution in [0, 0.1) is 16.7 Å². The molecule has 0 amide bonds. The van der Waals surface area contributed by atoms with Crippen LogP contribution in [0.1, 0.15) is 49.9 Å². The maximum atomic E-state index is 9.07. The molecule has 2 atom stereocenters. The second-order valence-electron chi connectivity index (χ2n) is 6.88. The SMILES string of the molecule is CCC1(CCC#N)CCN2CCc3c([nH]c4ccccc34)C21. The van der Waals surface area contributed by atoms with Crippen LogP contribution >= 0.6 is 0 Å². The van der Waals surface area contributed by atoms with Gasteiger partial charge in [0.15, 0.2) is 0 Å². The minimum Gasteiger partial charge on any atom is -0.357 e. The maximum absolute atomic E-state index is 9.07. The van der Waals surface area contributed by atoms with E-state index in [1.54, 1.807) is 0 Å². The van der Waals surface area contributed by atoms with Crippen LogP contribution in [0.5, 0.6) is 0 Å². The first kappa shape index (κ1) is 13.8. The molecule has 1 fully saturated rings. The van der Waals surface area contributed by atoms with Crippen molar-refractivity contribution in [3.05, 3.63) is 35.5 Å². The molecule has 0 spiro atoms. The zero-order valence-electron chi connectivity index (χ0n) is 13.2. The molecule has 114 valence electrons. The quantitative estimate of drug-likeness (QED) is 0.923. The first-order valence-corrected chi connectivity index (χ1v) is 8.49. The van der Waals surface area contributed by atoms with E-state index in [-0.39, 0.29) is 5.41 Å². The predicted molar refractivity (Wildman–Crippen MR) is 88.5 cm³/mol. The third kappa shape index (κ3) is 1.84. The van der Waals surface area contributed by atoms with Crippen molar-refractivity contribution in [2.75, 3.05) is 13.1 Å². The van der Waals surface area contributed by atoms with E-state index in [4.69, 9.17) is 5.26 Å². The molecule has 0 radical (unpaired) electrons. The standard InChI is InChI=1S/C19H23N3/c1-2-19(9-5-11-20)10-13-22-12-8-15-14-6-3-4-7-16(14)21-17(15)18(19)22/h3-4,6-7,18,21H,2,5,8-10,12-13H2,1H3. The Morgan fingerprint density at radius 3 is 3.05 bits per heavy atom. The Bertz CT molecular complexity index is 739. The summed E-state index contributed by atoms with van der Waals surface area (Å²) >= 11 is 0. The summed E-state index contributed by atoms with van der Waals surface area (Å²) in [5.74, 6) is 0. The first-order valence-electron chi connectivity index (χ1n) is 8.49. The third-order valence-electron chi connectivity index (χ3n) is 6.05. The molecule has 2 unspecified atom stereocenters. The predicted octanol–water partition coefficient (Wildman–Crippen LogP) is 4.17. The van der Waals surface area contributed by atoms with Gasteiger partial charge in [0.2, 0.25) is 0 Å².